The number of nitrogens with one attached hydrogen (secondary N) is 1. The van der Waals surface area contributed by atoms with Gasteiger partial charge in [-0.05, 0) is 64.1 Å². The van der Waals surface area contributed by atoms with E-state index in [9.17, 15) is 8.42 Å². The molecule has 0 spiro atoms. The van der Waals surface area contributed by atoms with E-state index in [-0.39, 0.29) is 11.8 Å². The van der Waals surface area contributed by atoms with E-state index in [1.165, 1.54) is 0 Å². The maximum Gasteiger partial charge on any atom is 0.277 e. The van der Waals surface area contributed by atoms with Crippen molar-refractivity contribution in [1.29, 1.82) is 0 Å². The van der Waals surface area contributed by atoms with Gasteiger partial charge < -0.3 is 0 Å². The molecule has 3 aromatic carbocycles. The van der Waals surface area contributed by atoms with Gasteiger partial charge in [0.05, 0.1) is 4.90 Å². The van der Waals surface area contributed by atoms with E-state index in [0.29, 0.717) is 16.5 Å². The van der Waals surface area contributed by atoms with Crippen molar-refractivity contribution in [3.05, 3.63) is 76.9 Å². The molecule has 34 heavy (non-hydrogen) atoms. The molecule has 0 unspecified atom stereocenters. The molecule has 0 atom stereocenters. The van der Waals surface area contributed by atoms with Gasteiger partial charge in [0, 0.05) is 5.56 Å². The molecule has 0 saturated carbocycles. The molecule has 5 heteroatoms. The SMILES string of the molecule is CC#C/C(=N\NS(=O)(=O)c1c(C(C)C)cc(C(C)C)cc1C(C)C)c1ccc2ccccc2c1. The summed E-state index contributed by atoms with van der Waals surface area (Å²) < 4.78 is 27.3. The molecule has 0 amide bonds. The fourth-order valence-corrected chi connectivity index (χ4v) is 5.48. The third kappa shape index (κ3) is 5.51. The van der Waals surface area contributed by atoms with Crippen LogP contribution in [0.25, 0.3) is 10.8 Å². The van der Waals surface area contributed by atoms with E-state index in [1.54, 1.807) is 6.92 Å². The van der Waals surface area contributed by atoms with Crippen molar-refractivity contribution in [2.75, 3.05) is 0 Å². The zero-order chi connectivity index (χ0) is 25.0. The summed E-state index contributed by atoms with van der Waals surface area (Å²) in [6, 6.07) is 17.9. The smallest absolute Gasteiger partial charge is 0.200 e. The summed E-state index contributed by atoms with van der Waals surface area (Å²) >= 11 is 0. The van der Waals surface area contributed by atoms with Crippen LogP contribution in [-0.2, 0) is 10.0 Å². The van der Waals surface area contributed by atoms with Gasteiger partial charge in [-0.15, -0.1) is 0 Å². The fraction of sp³-hybridized carbons (Fsp3) is 0.345. The van der Waals surface area contributed by atoms with Crippen molar-refractivity contribution in [1.82, 2.24) is 4.83 Å². The minimum absolute atomic E-state index is 0.0437. The maximum atomic E-state index is 13.6. The van der Waals surface area contributed by atoms with Gasteiger partial charge in [0.15, 0.2) is 0 Å². The van der Waals surface area contributed by atoms with Crippen LogP contribution >= 0.6 is 0 Å². The third-order valence-corrected chi connectivity index (χ3v) is 7.23. The van der Waals surface area contributed by atoms with E-state index < -0.39 is 10.0 Å². The summed E-state index contributed by atoms with van der Waals surface area (Å²) in [4.78, 5) is 2.83. The number of rotatable bonds is 7. The van der Waals surface area contributed by atoms with Crippen LogP contribution in [0.2, 0.25) is 0 Å². The van der Waals surface area contributed by atoms with Crippen LogP contribution in [0.5, 0.6) is 0 Å². The van der Waals surface area contributed by atoms with E-state index in [1.807, 2.05) is 82.3 Å². The molecule has 4 nitrogen and oxygen atoms in total. The Balaban J connectivity index is 2.12. The Kier molecular flexibility index (Phi) is 7.84. The Morgan fingerprint density at radius 3 is 1.94 bits per heavy atom. The lowest BCUT2D eigenvalue weighted by Gasteiger charge is -2.22. The van der Waals surface area contributed by atoms with Crippen molar-refractivity contribution in [2.24, 2.45) is 5.10 Å². The molecule has 0 fully saturated rings. The first-order valence-electron chi connectivity index (χ1n) is 11.7. The Hall–Kier alpha value is -3.10. The number of hydrogen-bond donors (Lipinski definition) is 1. The summed E-state index contributed by atoms with van der Waals surface area (Å²) in [5, 5.41) is 6.45. The van der Waals surface area contributed by atoms with Gasteiger partial charge in [0.1, 0.15) is 5.71 Å². The zero-order valence-corrected chi connectivity index (χ0v) is 21.9. The van der Waals surface area contributed by atoms with E-state index in [0.717, 1.165) is 33.0 Å². The molecule has 0 saturated heterocycles. The molecule has 0 aliphatic heterocycles. The zero-order valence-electron chi connectivity index (χ0n) is 21.1. The molecule has 0 bridgehead atoms. The number of hydrogen-bond acceptors (Lipinski definition) is 3. The third-order valence-electron chi connectivity index (χ3n) is 5.89. The summed E-state index contributed by atoms with van der Waals surface area (Å²) in [5.41, 5.74) is 3.91. The van der Waals surface area contributed by atoms with Crippen LogP contribution in [0.3, 0.4) is 0 Å². The highest BCUT2D eigenvalue weighted by molar-refractivity contribution is 7.89. The lowest BCUT2D eigenvalue weighted by molar-refractivity contribution is 0.579. The van der Waals surface area contributed by atoms with Gasteiger partial charge in [0.25, 0.3) is 10.0 Å². The number of fused-ring (bicyclic) bond motifs is 1. The summed E-state index contributed by atoms with van der Waals surface area (Å²) in [6.45, 7) is 14.1. The van der Waals surface area contributed by atoms with E-state index >= 15 is 0 Å². The number of sulfonamides is 1. The number of hydrazone groups is 1. The van der Waals surface area contributed by atoms with Crippen molar-refractivity contribution < 1.29 is 8.42 Å². The molecule has 3 aromatic rings. The molecule has 0 aliphatic rings. The average Bonchev–Trinajstić information content (AvgIpc) is 2.80. The normalized spacial score (nSPS) is 12.4. The predicted octanol–water partition coefficient (Wildman–Crippen LogP) is 6.92. The lowest BCUT2D eigenvalue weighted by Crippen LogP contribution is -2.24. The molecule has 0 heterocycles. The van der Waals surface area contributed by atoms with Crippen molar-refractivity contribution >= 4 is 26.5 Å². The van der Waals surface area contributed by atoms with E-state index in [2.05, 4.69) is 35.6 Å². The standard InChI is InChI=1S/C29H34N2O2S/c1-8-11-28(24-15-14-22-12-9-10-13-23(22)16-24)30-31-34(32,33)29-26(20(4)5)17-25(19(2)3)18-27(29)21(6)7/h9-10,12-21,31H,1-7H3/b30-28+. The van der Waals surface area contributed by atoms with Gasteiger partial charge in [0.2, 0.25) is 0 Å². The maximum absolute atomic E-state index is 13.6. The molecule has 3 rings (SSSR count). The molecular formula is C29H34N2O2S. The largest absolute Gasteiger partial charge is 0.277 e. The van der Waals surface area contributed by atoms with Crippen molar-refractivity contribution in [3.63, 3.8) is 0 Å². The average molecular weight is 475 g/mol. The second kappa shape index (κ2) is 10.4. The number of benzene rings is 3. The van der Waals surface area contributed by atoms with Gasteiger partial charge in [-0.1, -0.05) is 96.0 Å². The Labute approximate surface area is 204 Å². The van der Waals surface area contributed by atoms with Gasteiger partial charge in [-0.25, -0.2) is 0 Å². The Morgan fingerprint density at radius 2 is 1.41 bits per heavy atom. The topological polar surface area (TPSA) is 58.5 Å². The molecular weight excluding hydrogens is 440 g/mol. The van der Waals surface area contributed by atoms with Crippen molar-refractivity contribution in [3.8, 4) is 11.8 Å². The van der Waals surface area contributed by atoms with Gasteiger partial charge in [-0.3, -0.25) is 0 Å². The molecule has 0 aromatic heterocycles. The highest BCUT2D eigenvalue weighted by Gasteiger charge is 2.27. The first-order valence-corrected chi connectivity index (χ1v) is 13.2. The minimum atomic E-state index is -3.92. The molecule has 0 radical (unpaired) electrons. The van der Waals surface area contributed by atoms with Gasteiger partial charge in [-0.2, -0.15) is 18.4 Å². The summed E-state index contributed by atoms with van der Waals surface area (Å²) in [6.07, 6.45) is 0. The second-order valence-electron chi connectivity index (χ2n) is 9.48. The fourth-order valence-electron chi connectivity index (χ4n) is 3.97. The van der Waals surface area contributed by atoms with Gasteiger partial charge >= 0.3 is 0 Å². The Morgan fingerprint density at radius 1 is 0.824 bits per heavy atom. The first kappa shape index (κ1) is 25.5. The van der Waals surface area contributed by atoms with E-state index in [4.69, 9.17) is 0 Å². The number of nitrogens with zero attached hydrogens (tertiary/aromatic N) is 1. The van der Waals surface area contributed by atoms with Crippen molar-refractivity contribution in [2.45, 2.75) is 71.1 Å². The van der Waals surface area contributed by atoms with Crippen LogP contribution in [0, 0.1) is 11.8 Å². The monoisotopic (exact) mass is 474 g/mol. The molecule has 178 valence electrons. The summed E-state index contributed by atoms with van der Waals surface area (Å²) in [7, 11) is -3.92. The minimum Gasteiger partial charge on any atom is -0.200 e. The predicted molar refractivity (Wildman–Crippen MR) is 143 cm³/mol. The van der Waals surface area contributed by atoms with Crippen LogP contribution in [-0.4, -0.2) is 14.1 Å². The Bertz CT molecular complexity index is 1360. The highest BCUT2D eigenvalue weighted by atomic mass is 32.2. The molecule has 1 N–H and O–H groups in total. The van der Waals surface area contributed by atoms with Crippen LogP contribution in [0.15, 0.2) is 64.6 Å². The van der Waals surface area contributed by atoms with Crippen LogP contribution in [0.1, 0.15) is 88.5 Å². The molecule has 0 aliphatic carbocycles. The van der Waals surface area contributed by atoms with Crippen LogP contribution in [0.4, 0.5) is 0 Å². The first-order chi connectivity index (χ1) is 16.0. The summed E-state index contributed by atoms with van der Waals surface area (Å²) in [5.74, 6) is 6.20. The van der Waals surface area contributed by atoms with Crippen LogP contribution < -0.4 is 4.83 Å². The second-order valence-corrected chi connectivity index (χ2v) is 11.1. The lowest BCUT2D eigenvalue weighted by atomic mass is 9.89. The highest BCUT2D eigenvalue weighted by Crippen LogP contribution is 2.35. The quantitative estimate of drug-likeness (QED) is 0.230.